The molecule has 0 atom stereocenters. The highest BCUT2D eigenvalue weighted by molar-refractivity contribution is 6.33. The molecule has 1 heterocycles. The van der Waals surface area contributed by atoms with Crippen molar-refractivity contribution in [1.82, 2.24) is 15.2 Å². The molecular weight excluding hydrogens is 405 g/mol. The summed E-state index contributed by atoms with van der Waals surface area (Å²) in [7, 11) is 3.99. The highest BCUT2D eigenvalue weighted by Gasteiger charge is 2.12. The number of hydrogen-bond donors (Lipinski definition) is 1. The van der Waals surface area contributed by atoms with Gasteiger partial charge in [-0.25, -0.2) is 4.39 Å². The molecule has 0 aliphatic rings. The van der Waals surface area contributed by atoms with E-state index in [0.717, 1.165) is 17.9 Å². The first-order valence-corrected chi connectivity index (χ1v) is 9.86. The van der Waals surface area contributed by atoms with Crippen molar-refractivity contribution in [3.05, 3.63) is 82.8 Å². The summed E-state index contributed by atoms with van der Waals surface area (Å²) in [6.07, 6.45) is 1.43. The highest BCUT2D eigenvalue weighted by Crippen LogP contribution is 2.26. The summed E-state index contributed by atoms with van der Waals surface area (Å²) in [6, 6.07) is 15.1. The van der Waals surface area contributed by atoms with Crippen LogP contribution in [0.2, 0.25) is 5.02 Å². The third-order valence-electron chi connectivity index (χ3n) is 4.39. The lowest BCUT2D eigenvalue weighted by Crippen LogP contribution is -2.23. The van der Waals surface area contributed by atoms with Crippen molar-refractivity contribution in [3.63, 3.8) is 0 Å². The van der Waals surface area contributed by atoms with E-state index in [4.69, 9.17) is 16.3 Å². The quantitative estimate of drug-likeness (QED) is 0.578. The fourth-order valence-corrected chi connectivity index (χ4v) is 3.02. The first-order valence-electron chi connectivity index (χ1n) is 9.48. The first kappa shape index (κ1) is 21.7. The van der Waals surface area contributed by atoms with Crippen LogP contribution in [0.4, 0.5) is 4.39 Å². The van der Waals surface area contributed by atoms with E-state index in [-0.39, 0.29) is 16.7 Å². The fraction of sp³-hybridized carbons (Fsp3) is 0.217. The molecule has 3 aromatic rings. The minimum Gasteiger partial charge on any atom is -0.492 e. The molecule has 1 N–H and O–H groups in total. The zero-order valence-corrected chi connectivity index (χ0v) is 17.6. The Labute approximate surface area is 180 Å². The Morgan fingerprint density at radius 3 is 2.60 bits per heavy atom. The first-order chi connectivity index (χ1) is 14.4. The topological polar surface area (TPSA) is 54.5 Å². The monoisotopic (exact) mass is 427 g/mol. The predicted molar refractivity (Wildman–Crippen MR) is 116 cm³/mol. The van der Waals surface area contributed by atoms with Crippen molar-refractivity contribution >= 4 is 17.5 Å². The number of amides is 1. The molecular formula is C23H23ClFN3O2. The number of aromatic nitrogens is 1. The lowest BCUT2D eigenvalue weighted by molar-refractivity contribution is 0.0950. The van der Waals surface area contributed by atoms with E-state index in [9.17, 15) is 9.18 Å². The standard InChI is InChI=1S/C23H23ClFN3O2/c1-28(2)10-11-30-20-8-6-16(7-9-20)14-27-23(29)18-13-21(24)22(26-15-18)17-4-3-5-19(25)12-17/h3-9,12-13,15H,10-11,14H2,1-2H3,(H,27,29). The molecule has 5 nitrogen and oxygen atoms in total. The van der Waals surface area contributed by atoms with Crippen LogP contribution in [-0.4, -0.2) is 43.0 Å². The Morgan fingerprint density at radius 2 is 1.93 bits per heavy atom. The van der Waals surface area contributed by atoms with Gasteiger partial charge < -0.3 is 15.0 Å². The Morgan fingerprint density at radius 1 is 1.17 bits per heavy atom. The van der Waals surface area contributed by atoms with Crippen LogP contribution in [0.25, 0.3) is 11.3 Å². The van der Waals surface area contributed by atoms with Gasteiger partial charge in [-0.1, -0.05) is 35.9 Å². The maximum absolute atomic E-state index is 13.4. The number of likely N-dealkylation sites (N-methyl/N-ethyl adjacent to an activating group) is 1. The molecule has 0 saturated heterocycles. The van der Waals surface area contributed by atoms with E-state index in [0.29, 0.717) is 30.0 Å². The second-order valence-electron chi connectivity index (χ2n) is 7.04. The molecule has 7 heteroatoms. The van der Waals surface area contributed by atoms with Gasteiger partial charge in [0.25, 0.3) is 5.91 Å². The average Bonchev–Trinajstić information content (AvgIpc) is 2.72. The maximum Gasteiger partial charge on any atom is 0.253 e. The Hall–Kier alpha value is -2.96. The molecule has 0 aliphatic carbocycles. The van der Waals surface area contributed by atoms with E-state index in [2.05, 4.69) is 15.2 Å². The van der Waals surface area contributed by atoms with Crippen molar-refractivity contribution in [2.45, 2.75) is 6.54 Å². The third-order valence-corrected chi connectivity index (χ3v) is 4.67. The number of carbonyl (C=O) groups excluding carboxylic acids is 1. The number of hydrogen-bond acceptors (Lipinski definition) is 4. The number of rotatable bonds is 8. The number of pyridine rings is 1. The summed E-state index contributed by atoms with van der Waals surface area (Å²) in [6.45, 7) is 1.81. The van der Waals surface area contributed by atoms with Crippen LogP contribution in [0.3, 0.4) is 0 Å². The second-order valence-corrected chi connectivity index (χ2v) is 7.45. The molecule has 0 bridgehead atoms. The van der Waals surface area contributed by atoms with E-state index in [1.165, 1.54) is 24.4 Å². The Balaban J connectivity index is 1.58. The van der Waals surface area contributed by atoms with E-state index < -0.39 is 0 Å². The largest absolute Gasteiger partial charge is 0.492 e. The molecule has 1 amide bonds. The van der Waals surface area contributed by atoms with Crippen LogP contribution in [0.5, 0.6) is 5.75 Å². The number of halogens is 2. The Bertz CT molecular complexity index is 1010. The van der Waals surface area contributed by atoms with Gasteiger partial charge in [-0.3, -0.25) is 9.78 Å². The normalized spacial score (nSPS) is 10.8. The van der Waals surface area contributed by atoms with Crippen molar-refractivity contribution in [3.8, 4) is 17.0 Å². The zero-order chi connectivity index (χ0) is 21.5. The van der Waals surface area contributed by atoms with Gasteiger partial charge in [-0.05, 0) is 50.0 Å². The molecule has 30 heavy (non-hydrogen) atoms. The molecule has 0 unspecified atom stereocenters. The van der Waals surface area contributed by atoms with Crippen LogP contribution in [0.1, 0.15) is 15.9 Å². The van der Waals surface area contributed by atoms with Crippen LogP contribution in [0, 0.1) is 5.82 Å². The summed E-state index contributed by atoms with van der Waals surface area (Å²) < 4.78 is 19.1. The molecule has 0 spiro atoms. The van der Waals surface area contributed by atoms with Crippen molar-refractivity contribution in [2.24, 2.45) is 0 Å². The summed E-state index contributed by atoms with van der Waals surface area (Å²) in [4.78, 5) is 18.7. The van der Waals surface area contributed by atoms with Gasteiger partial charge in [0, 0.05) is 24.8 Å². The van der Waals surface area contributed by atoms with E-state index >= 15 is 0 Å². The summed E-state index contributed by atoms with van der Waals surface area (Å²) in [5.74, 6) is 0.124. The molecule has 156 valence electrons. The summed E-state index contributed by atoms with van der Waals surface area (Å²) in [5, 5.41) is 3.13. The van der Waals surface area contributed by atoms with Gasteiger partial charge in [0.1, 0.15) is 18.2 Å². The van der Waals surface area contributed by atoms with Crippen LogP contribution < -0.4 is 10.1 Å². The van der Waals surface area contributed by atoms with Gasteiger partial charge in [0.2, 0.25) is 0 Å². The molecule has 0 saturated carbocycles. The van der Waals surface area contributed by atoms with Gasteiger partial charge >= 0.3 is 0 Å². The number of benzene rings is 2. The summed E-state index contributed by atoms with van der Waals surface area (Å²) >= 11 is 6.27. The van der Waals surface area contributed by atoms with E-state index in [1.807, 2.05) is 38.4 Å². The van der Waals surface area contributed by atoms with Gasteiger partial charge in [-0.2, -0.15) is 0 Å². The number of nitrogens with one attached hydrogen (secondary N) is 1. The van der Waals surface area contributed by atoms with Crippen molar-refractivity contribution in [2.75, 3.05) is 27.2 Å². The lowest BCUT2D eigenvalue weighted by Gasteiger charge is -2.11. The van der Waals surface area contributed by atoms with E-state index in [1.54, 1.807) is 12.1 Å². The number of ether oxygens (including phenoxy) is 1. The van der Waals surface area contributed by atoms with Gasteiger partial charge in [0.05, 0.1) is 16.3 Å². The zero-order valence-electron chi connectivity index (χ0n) is 16.9. The molecule has 3 rings (SSSR count). The average molecular weight is 428 g/mol. The van der Waals surface area contributed by atoms with Gasteiger partial charge in [-0.15, -0.1) is 0 Å². The minimum atomic E-state index is -0.374. The smallest absolute Gasteiger partial charge is 0.253 e. The molecule has 0 fully saturated rings. The summed E-state index contributed by atoms with van der Waals surface area (Å²) in [5.41, 5.74) is 2.26. The van der Waals surface area contributed by atoms with Crippen molar-refractivity contribution < 1.29 is 13.9 Å². The fourth-order valence-electron chi connectivity index (χ4n) is 2.74. The van der Waals surface area contributed by atoms with Crippen LogP contribution in [-0.2, 0) is 6.54 Å². The third kappa shape index (κ3) is 6.02. The molecule has 0 aliphatic heterocycles. The second kappa shape index (κ2) is 10.2. The molecule has 2 aromatic carbocycles. The number of carbonyl (C=O) groups is 1. The predicted octanol–water partition coefficient (Wildman–Crippen LogP) is 4.41. The lowest BCUT2D eigenvalue weighted by atomic mass is 10.1. The van der Waals surface area contributed by atoms with Crippen LogP contribution >= 0.6 is 11.6 Å². The highest BCUT2D eigenvalue weighted by atomic mass is 35.5. The molecule has 0 radical (unpaired) electrons. The SMILES string of the molecule is CN(C)CCOc1ccc(CNC(=O)c2cnc(-c3cccc(F)c3)c(Cl)c2)cc1. The molecule has 1 aromatic heterocycles. The van der Waals surface area contributed by atoms with Crippen LogP contribution in [0.15, 0.2) is 60.8 Å². The number of nitrogens with zero attached hydrogens (tertiary/aromatic N) is 2. The van der Waals surface area contributed by atoms with Crippen molar-refractivity contribution in [1.29, 1.82) is 0 Å². The Kier molecular flexibility index (Phi) is 7.38. The minimum absolute atomic E-state index is 0.285. The maximum atomic E-state index is 13.4. The van der Waals surface area contributed by atoms with Gasteiger partial charge in [0.15, 0.2) is 0 Å².